The number of rotatable bonds is 3. The Hall–Kier alpha value is -1.98. The maximum Gasteiger partial charge on any atom is 0.269 e. The van der Waals surface area contributed by atoms with E-state index in [1.165, 1.54) is 18.2 Å². The molecule has 0 fully saturated rings. The summed E-state index contributed by atoms with van der Waals surface area (Å²) in [6, 6.07) is 6.39. The molecule has 0 saturated carbocycles. The van der Waals surface area contributed by atoms with Crippen LogP contribution in [0.5, 0.6) is 0 Å². The van der Waals surface area contributed by atoms with Crippen LogP contribution in [0.3, 0.4) is 0 Å². The lowest BCUT2D eigenvalue weighted by molar-refractivity contribution is -0.384. The summed E-state index contributed by atoms with van der Waals surface area (Å²) in [5.74, 6) is -1.72. The van der Waals surface area contributed by atoms with Gasteiger partial charge < -0.3 is 10.2 Å². The molecule has 100 valence electrons. The number of benzene rings is 1. The molecule has 0 amide bonds. The minimum Gasteiger partial charge on any atom is -0.362 e. The molecule has 1 aliphatic rings. The Labute approximate surface area is 110 Å². The van der Waals surface area contributed by atoms with Crippen molar-refractivity contribution >= 4 is 5.69 Å². The van der Waals surface area contributed by atoms with Gasteiger partial charge in [0.05, 0.1) is 4.92 Å². The number of hydrogen-bond donors (Lipinski definition) is 2. The van der Waals surface area contributed by atoms with Gasteiger partial charge in [-0.2, -0.15) is 0 Å². The fourth-order valence-electron chi connectivity index (χ4n) is 2.03. The Balaban J connectivity index is 2.17. The molecule has 0 bridgehead atoms. The summed E-state index contributed by atoms with van der Waals surface area (Å²) in [7, 11) is 0. The second-order valence-electron chi connectivity index (χ2n) is 4.69. The van der Waals surface area contributed by atoms with Crippen LogP contribution < -0.4 is 0 Å². The molecule has 19 heavy (non-hydrogen) atoms. The zero-order chi connectivity index (χ0) is 14.0. The van der Waals surface area contributed by atoms with Crippen LogP contribution in [-0.2, 0) is 0 Å². The SMILES string of the molecule is CC(C1=CCC(O)(O)C=C1)c1ccc([N+](=O)[O-])cc1. The number of nitro benzene ring substituents is 1. The van der Waals surface area contributed by atoms with Gasteiger partial charge in [-0.15, -0.1) is 0 Å². The highest BCUT2D eigenvalue weighted by Gasteiger charge is 2.22. The number of non-ortho nitro benzene ring substituents is 1. The number of allylic oxidation sites excluding steroid dienone is 2. The van der Waals surface area contributed by atoms with Crippen LogP contribution in [-0.4, -0.2) is 20.9 Å². The maximum atomic E-state index is 10.6. The standard InChI is InChI=1S/C14H15NO4/c1-10(12-6-8-14(16,17)9-7-12)11-2-4-13(5-3-11)15(18)19/h2-8,10,16-17H,9H2,1H3. The summed E-state index contributed by atoms with van der Waals surface area (Å²) >= 11 is 0. The highest BCUT2D eigenvalue weighted by molar-refractivity contribution is 5.41. The Kier molecular flexibility index (Phi) is 3.50. The van der Waals surface area contributed by atoms with Crippen molar-refractivity contribution < 1.29 is 15.1 Å². The molecule has 1 atom stereocenters. The first kappa shape index (κ1) is 13.5. The molecule has 0 spiro atoms. The summed E-state index contributed by atoms with van der Waals surface area (Å²) in [6.45, 7) is 1.97. The lowest BCUT2D eigenvalue weighted by Gasteiger charge is -2.23. The van der Waals surface area contributed by atoms with Crippen molar-refractivity contribution in [3.05, 3.63) is 63.7 Å². The van der Waals surface area contributed by atoms with Crippen molar-refractivity contribution in [3.63, 3.8) is 0 Å². The van der Waals surface area contributed by atoms with Crippen LogP contribution >= 0.6 is 0 Å². The van der Waals surface area contributed by atoms with Crippen molar-refractivity contribution in [1.82, 2.24) is 0 Å². The van der Waals surface area contributed by atoms with Gasteiger partial charge in [0.2, 0.25) is 0 Å². The van der Waals surface area contributed by atoms with E-state index in [0.717, 1.165) is 11.1 Å². The first-order chi connectivity index (χ1) is 8.89. The van der Waals surface area contributed by atoms with Crippen molar-refractivity contribution in [1.29, 1.82) is 0 Å². The fourth-order valence-corrected chi connectivity index (χ4v) is 2.03. The predicted molar refractivity (Wildman–Crippen MR) is 70.5 cm³/mol. The van der Waals surface area contributed by atoms with Crippen molar-refractivity contribution in [2.45, 2.75) is 25.0 Å². The third kappa shape index (κ3) is 3.07. The monoisotopic (exact) mass is 261 g/mol. The van der Waals surface area contributed by atoms with E-state index in [1.54, 1.807) is 24.3 Å². The zero-order valence-corrected chi connectivity index (χ0v) is 10.5. The molecule has 5 heteroatoms. The van der Waals surface area contributed by atoms with E-state index in [1.807, 2.05) is 6.92 Å². The van der Waals surface area contributed by atoms with Crippen molar-refractivity contribution in [3.8, 4) is 0 Å². The van der Waals surface area contributed by atoms with E-state index >= 15 is 0 Å². The van der Waals surface area contributed by atoms with Gasteiger partial charge >= 0.3 is 0 Å². The van der Waals surface area contributed by atoms with Gasteiger partial charge in [0.25, 0.3) is 5.69 Å². The first-order valence-corrected chi connectivity index (χ1v) is 5.97. The number of aliphatic hydroxyl groups is 2. The summed E-state index contributed by atoms with van der Waals surface area (Å²) in [6.07, 6.45) is 4.95. The lowest BCUT2D eigenvalue weighted by Crippen LogP contribution is -2.26. The topological polar surface area (TPSA) is 83.6 Å². The smallest absolute Gasteiger partial charge is 0.269 e. The van der Waals surface area contributed by atoms with E-state index < -0.39 is 10.7 Å². The third-order valence-electron chi connectivity index (χ3n) is 3.28. The molecule has 1 aromatic rings. The van der Waals surface area contributed by atoms with Gasteiger partial charge in [0.15, 0.2) is 5.79 Å². The minimum atomic E-state index is -1.77. The van der Waals surface area contributed by atoms with Crippen LogP contribution in [0.1, 0.15) is 24.8 Å². The molecular weight excluding hydrogens is 246 g/mol. The predicted octanol–water partition coefficient (Wildman–Crippen LogP) is 2.27. The van der Waals surface area contributed by atoms with Crippen LogP contribution in [0, 0.1) is 10.1 Å². The van der Waals surface area contributed by atoms with E-state index in [0.29, 0.717) is 0 Å². The van der Waals surface area contributed by atoms with Crippen LogP contribution in [0.4, 0.5) is 5.69 Å². The van der Waals surface area contributed by atoms with Crippen LogP contribution in [0.15, 0.2) is 48.1 Å². The summed E-state index contributed by atoms with van der Waals surface area (Å²) in [5.41, 5.74) is 1.98. The minimum absolute atomic E-state index is 0.0492. The van der Waals surface area contributed by atoms with E-state index in [-0.39, 0.29) is 18.0 Å². The largest absolute Gasteiger partial charge is 0.362 e. The van der Waals surface area contributed by atoms with E-state index in [9.17, 15) is 20.3 Å². The molecule has 0 aliphatic heterocycles. The Morgan fingerprint density at radius 3 is 2.42 bits per heavy atom. The van der Waals surface area contributed by atoms with Crippen LogP contribution in [0.2, 0.25) is 0 Å². The molecule has 2 N–H and O–H groups in total. The normalized spacial score (nSPS) is 18.8. The Morgan fingerprint density at radius 2 is 1.95 bits per heavy atom. The summed E-state index contributed by atoms with van der Waals surface area (Å²) < 4.78 is 0. The van der Waals surface area contributed by atoms with Gasteiger partial charge in [-0.1, -0.05) is 31.2 Å². The quantitative estimate of drug-likeness (QED) is 0.496. The first-order valence-electron chi connectivity index (χ1n) is 5.97. The lowest BCUT2D eigenvalue weighted by atomic mass is 9.88. The second-order valence-corrected chi connectivity index (χ2v) is 4.69. The van der Waals surface area contributed by atoms with Gasteiger partial charge in [0.1, 0.15) is 0 Å². The average Bonchev–Trinajstić information content (AvgIpc) is 2.38. The highest BCUT2D eigenvalue weighted by Crippen LogP contribution is 2.30. The molecule has 0 saturated heterocycles. The third-order valence-corrected chi connectivity index (χ3v) is 3.28. The summed E-state index contributed by atoms with van der Waals surface area (Å²) in [5, 5.41) is 29.4. The van der Waals surface area contributed by atoms with Crippen molar-refractivity contribution in [2.24, 2.45) is 0 Å². The van der Waals surface area contributed by atoms with Gasteiger partial charge in [-0.3, -0.25) is 10.1 Å². The highest BCUT2D eigenvalue weighted by atomic mass is 16.6. The van der Waals surface area contributed by atoms with E-state index in [2.05, 4.69) is 0 Å². The molecule has 1 aliphatic carbocycles. The number of nitrogens with zero attached hydrogens (tertiary/aromatic N) is 1. The van der Waals surface area contributed by atoms with Crippen LogP contribution in [0.25, 0.3) is 0 Å². The van der Waals surface area contributed by atoms with E-state index in [4.69, 9.17) is 0 Å². The molecule has 0 heterocycles. The molecule has 2 rings (SSSR count). The molecule has 1 unspecified atom stereocenters. The molecule has 1 aromatic carbocycles. The summed E-state index contributed by atoms with van der Waals surface area (Å²) in [4.78, 5) is 10.2. The zero-order valence-electron chi connectivity index (χ0n) is 10.5. The molecule has 0 radical (unpaired) electrons. The Morgan fingerprint density at radius 1 is 1.32 bits per heavy atom. The fraction of sp³-hybridized carbons (Fsp3) is 0.286. The maximum absolute atomic E-state index is 10.6. The number of hydrogen-bond acceptors (Lipinski definition) is 4. The molecule has 0 aromatic heterocycles. The van der Waals surface area contributed by atoms with Gasteiger partial charge in [-0.25, -0.2) is 0 Å². The van der Waals surface area contributed by atoms with Crippen molar-refractivity contribution in [2.75, 3.05) is 0 Å². The van der Waals surface area contributed by atoms with Gasteiger partial charge in [0, 0.05) is 24.5 Å². The molecular formula is C14H15NO4. The Bertz CT molecular complexity index is 543. The molecule has 5 nitrogen and oxygen atoms in total. The average molecular weight is 261 g/mol. The second kappa shape index (κ2) is 4.95. The number of nitro groups is 1. The van der Waals surface area contributed by atoms with Gasteiger partial charge in [-0.05, 0) is 17.2 Å².